The summed E-state index contributed by atoms with van der Waals surface area (Å²) >= 11 is 0. The summed E-state index contributed by atoms with van der Waals surface area (Å²) in [5, 5.41) is 0.205. The van der Waals surface area contributed by atoms with E-state index in [2.05, 4.69) is 33.9 Å². The molecule has 0 aliphatic carbocycles. The zero-order chi connectivity index (χ0) is 17.0. The highest BCUT2D eigenvalue weighted by Crippen LogP contribution is 2.37. The standard InChI is InChI=1S/C17H29NO3Si/c1-8-20-16(19)18(5)15-11-9-14(10-12-15)13-21-22(6,7)17(2,3)4/h9-12H,8,13H2,1-7H3. The summed E-state index contributed by atoms with van der Waals surface area (Å²) in [4.78, 5) is 13.2. The summed E-state index contributed by atoms with van der Waals surface area (Å²) in [7, 11) is -0.0288. The maximum absolute atomic E-state index is 11.7. The molecule has 22 heavy (non-hydrogen) atoms. The van der Waals surface area contributed by atoms with Crippen molar-refractivity contribution in [1.82, 2.24) is 0 Å². The van der Waals surface area contributed by atoms with E-state index in [0.717, 1.165) is 11.3 Å². The van der Waals surface area contributed by atoms with E-state index in [1.54, 1.807) is 14.0 Å². The first-order valence-electron chi connectivity index (χ1n) is 7.72. The van der Waals surface area contributed by atoms with Crippen LogP contribution in [-0.2, 0) is 15.8 Å². The quantitative estimate of drug-likeness (QED) is 0.731. The van der Waals surface area contributed by atoms with Crippen LogP contribution in [-0.4, -0.2) is 28.1 Å². The van der Waals surface area contributed by atoms with Gasteiger partial charge in [0.15, 0.2) is 8.32 Å². The fraction of sp³-hybridized carbons (Fsp3) is 0.588. The predicted molar refractivity (Wildman–Crippen MR) is 93.9 cm³/mol. The lowest BCUT2D eigenvalue weighted by Crippen LogP contribution is -2.40. The van der Waals surface area contributed by atoms with Gasteiger partial charge in [0.2, 0.25) is 0 Å². The van der Waals surface area contributed by atoms with Crippen molar-refractivity contribution in [3.8, 4) is 0 Å². The average molecular weight is 324 g/mol. The van der Waals surface area contributed by atoms with Crippen molar-refractivity contribution in [1.29, 1.82) is 0 Å². The third-order valence-corrected chi connectivity index (χ3v) is 8.75. The molecule has 0 radical (unpaired) electrons. The van der Waals surface area contributed by atoms with E-state index in [0.29, 0.717) is 13.2 Å². The third-order valence-electron chi connectivity index (χ3n) is 4.27. The Labute approximate surface area is 135 Å². The maximum Gasteiger partial charge on any atom is 0.413 e. The van der Waals surface area contributed by atoms with Crippen LogP contribution in [0, 0.1) is 0 Å². The summed E-state index contributed by atoms with van der Waals surface area (Å²) < 4.78 is 11.2. The molecule has 0 fully saturated rings. The van der Waals surface area contributed by atoms with Crippen molar-refractivity contribution < 1.29 is 14.0 Å². The molecule has 0 aliphatic rings. The number of ether oxygens (including phenoxy) is 1. The summed E-state index contributed by atoms with van der Waals surface area (Å²) in [6.45, 7) is 14.0. The first-order chi connectivity index (χ1) is 10.1. The first kappa shape index (κ1) is 18.7. The Bertz CT molecular complexity index is 492. The SMILES string of the molecule is CCOC(=O)N(C)c1ccc(CO[Si](C)(C)C(C)(C)C)cc1. The van der Waals surface area contributed by atoms with Crippen LogP contribution < -0.4 is 4.90 Å². The first-order valence-corrected chi connectivity index (χ1v) is 10.6. The lowest BCUT2D eigenvalue weighted by atomic mass is 10.2. The molecule has 0 spiro atoms. The van der Waals surface area contributed by atoms with Gasteiger partial charge in [-0.25, -0.2) is 4.79 Å². The van der Waals surface area contributed by atoms with Crippen LogP contribution in [0.15, 0.2) is 24.3 Å². The molecular formula is C17H29NO3Si. The van der Waals surface area contributed by atoms with Crippen molar-refractivity contribution >= 4 is 20.1 Å². The van der Waals surface area contributed by atoms with Gasteiger partial charge in [0, 0.05) is 12.7 Å². The molecule has 1 aromatic rings. The Balaban J connectivity index is 2.68. The third kappa shape index (κ3) is 4.85. The Hall–Kier alpha value is -1.33. The number of rotatable bonds is 5. The number of hydrogen-bond acceptors (Lipinski definition) is 3. The van der Waals surface area contributed by atoms with Crippen molar-refractivity contribution in [2.24, 2.45) is 0 Å². The maximum atomic E-state index is 11.7. The minimum Gasteiger partial charge on any atom is -0.449 e. The lowest BCUT2D eigenvalue weighted by Gasteiger charge is -2.36. The van der Waals surface area contributed by atoms with Crippen LogP contribution in [0.25, 0.3) is 0 Å². The molecule has 1 aromatic carbocycles. The minimum absolute atomic E-state index is 0.205. The van der Waals surface area contributed by atoms with Gasteiger partial charge in [0.1, 0.15) is 0 Å². The molecule has 0 aliphatic heterocycles. The molecule has 0 atom stereocenters. The Morgan fingerprint density at radius 3 is 2.18 bits per heavy atom. The molecule has 0 unspecified atom stereocenters. The molecule has 0 saturated heterocycles. The van der Waals surface area contributed by atoms with Crippen molar-refractivity contribution in [2.75, 3.05) is 18.6 Å². The van der Waals surface area contributed by atoms with Crippen molar-refractivity contribution in [2.45, 2.75) is 52.4 Å². The number of nitrogens with zero attached hydrogens (tertiary/aromatic N) is 1. The summed E-state index contributed by atoms with van der Waals surface area (Å²) in [6, 6.07) is 7.83. The number of hydrogen-bond donors (Lipinski definition) is 0. The van der Waals surface area contributed by atoms with Gasteiger partial charge < -0.3 is 9.16 Å². The van der Waals surface area contributed by atoms with E-state index >= 15 is 0 Å². The molecule has 0 heterocycles. The van der Waals surface area contributed by atoms with Gasteiger partial charge in [0.05, 0.1) is 13.2 Å². The molecule has 1 amide bonds. The minimum atomic E-state index is -1.74. The van der Waals surface area contributed by atoms with Gasteiger partial charge in [-0.15, -0.1) is 0 Å². The Morgan fingerprint density at radius 1 is 1.18 bits per heavy atom. The molecule has 4 nitrogen and oxygen atoms in total. The molecule has 0 saturated carbocycles. The van der Waals surface area contributed by atoms with Gasteiger partial charge in [0.25, 0.3) is 0 Å². The smallest absolute Gasteiger partial charge is 0.413 e. The molecule has 0 bridgehead atoms. The van der Waals surface area contributed by atoms with E-state index in [1.807, 2.05) is 24.3 Å². The lowest BCUT2D eigenvalue weighted by molar-refractivity contribution is 0.161. The highest BCUT2D eigenvalue weighted by Gasteiger charge is 2.36. The molecule has 0 N–H and O–H groups in total. The van der Waals surface area contributed by atoms with Crippen LogP contribution in [0.3, 0.4) is 0 Å². The molecule has 0 aromatic heterocycles. The van der Waals surface area contributed by atoms with Gasteiger partial charge in [-0.2, -0.15) is 0 Å². The highest BCUT2D eigenvalue weighted by atomic mass is 28.4. The largest absolute Gasteiger partial charge is 0.449 e. The van der Waals surface area contributed by atoms with Crippen LogP contribution >= 0.6 is 0 Å². The number of carbonyl (C=O) groups is 1. The monoisotopic (exact) mass is 323 g/mol. The number of carbonyl (C=O) groups excluding carboxylic acids is 1. The van der Waals surface area contributed by atoms with Gasteiger partial charge in [-0.3, -0.25) is 4.90 Å². The zero-order valence-electron chi connectivity index (χ0n) is 14.9. The summed E-state index contributed by atoms with van der Waals surface area (Å²) in [6.07, 6.45) is -0.340. The fourth-order valence-electron chi connectivity index (χ4n) is 1.62. The molecule has 1 rings (SSSR count). The van der Waals surface area contributed by atoms with E-state index in [1.165, 1.54) is 4.90 Å². The molecular weight excluding hydrogens is 294 g/mol. The predicted octanol–water partition coefficient (Wildman–Crippen LogP) is 4.80. The van der Waals surface area contributed by atoms with E-state index in [9.17, 15) is 4.79 Å². The van der Waals surface area contributed by atoms with E-state index < -0.39 is 8.32 Å². The normalized spacial score (nSPS) is 12.1. The van der Waals surface area contributed by atoms with Gasteiger partial charge >= 0.3 is 6.09 Å². The highest BCUT2D eigenvalue weighted by molar-refractivity contribution is 6.74. The van der Waals surface area contributed by atoms with Gasteiger partial charge in [-0.1, -0.05) is 32.9 Å². The zero-order valence-corrected chi connectivity index (χ0v) is 15.9. The van der Waals surface area contributed by atoms with Crippen molar-refractivity contribution in [3.63, 3.8) is 0 Å². The average Bonchev–Trinajstić information content (AvgIpc) is 2.44. The van der Waals surface area contributed by atoms with E-state index in [4.69, 9.17) is 9.16 Å². The second kappa shape index (κ2) is 7.29. The van der Waals surface area contributed by atoms with Crippen molar-refractivity contribution in [3.05, 3.63) is 29.8 Å². The summed E-state index contributed by atoms with van der Waals surface area (Å²) in [5.41, 5.74) is 1.93. The topological polar surface area (TPSA) is 38.8 Å². The second-order valence-electron chi connectivity index (χ2n) is 6.97. The Kier molecular flexibility index (Phi) is 6.20. The summed E-state index contributed by atoms with van der Waals surface area (Å²) in [5.74, 6) is 0. The van der Waals surface area contributed by atoms with Gasteiger partial charge in [-0.05, 0) is 42.8 Å². The number of amides is 1. The van der Waals surface area contributed by atoms with Crippen LogP contribution in [0.5, 0.6) is 0 Å². The van der Waals surface area contributed by atoms with Crippen LogP contribution in [0.4, 0.5) is 10.5 Å². The molecule has 124 valence electrons. The molecule has 5 heteroatoms. The number of anilines is 1. The van der Waals surface area contributed by atoms with Crippen LogP contribution in [0.1, 0.15) is 33.3 Å². The fourth-order valence-corrected chi connectivity index (χ4v) is 2.58. The second-order valence-corrected chi connectivity index (χ2v) is 11.8. The van der Waals surface area contributed by atoms with E-state index in [-0.39, 0.29) is 11.1 Å². The number of benzene rings is 1. The van der Waals surface area contributed by atoms with Crippen LogP contribution in [0.2, 0.25) is 18.1 Å². The Morgan fingerprint density at radius 2 is 1.73 bits per heavy atom.